The van der Waals surface area contributed by atoms with Crippen molar-refractivity contribution in [1.82, 2.24) is 4.90 Å². The third-order valence-electron chi connectivity index (χ3n) is 4.15. The maximum atomic E-state index is 12.2. The molecule has 0 aliphatic carbocycles. The molecular formula is C18H25NO4. The van der Waals surface area contributed by atoms with Gasteiger partial charge < -0.3 is 14.4 Å². The highest BCUT2D eigenvalue weighted by molar-refractivity contribution is 5.82. The fourth-order valence-electron chi connectivity index (χ4n) is 2.77. The second kappa shape index (κ2) is 8.56. The van der Waals surface area contributed by atoms with Gasteiger partial charge in [-0.2, -0.15) is 0 Å². The first-order valence-electron chi connectivity index (χ1n) is 8.30. The lowest BCUT2D eigenvalue weighted by atomic mass is 9.91. The number of hydrogen-bond donors (Lipinski definition) is 0. The molecule has 1 saturated heterocycles. The summed E-state index contributed by atoms with van der Waals surface area (Å²) in [4.78, 5) is 25.7. The van der Waals surface area contributed by atoms with E-state index in [9.17, 15) is 9.59 Å². The van der Waals surface area contributed by atoms with Gasteiger partial charge in [0.1, 0.15) is 17.3 Å². The van der Waals surface area contributed by atoms with Gasteiger partial charge in [0.2, 0.25) is 0 Å². The van der Waals surface area contributed by atoms with Gasteiger partial charge in [-0.15, -0.1) is 0 Å². The molecule has 0 aromatic heterocycles. The fraction of sp³-hybridized carbons (Fsp3) is 0.556. The molecule has 0 radical (unpaired) electrons. The maximum Gasteiger partial charge on any atom is 0.260 e. The number of likely N-dealkylation sites (tertiary alicyclic amines) is 1. The van der Waals surface area contributed by atoms with Crippen LogP contribution in [0, 0.1) is 5.92 Å². The summed E-state index contributed by atoms with van der Waals surface area (Å²) in [5.41, 5.74) is 0. The van der Waals surface area contributed by atoms with E-state index >= 15 is 0 Å². The van der Waals surface area contributed by atoms with Gasteiger partial charge in [-0.3, -0.25) is 9.59 Å². The summed E-state index contributed by atoms with van der Waals surface area (Å²) in [6.45, 7) is 5.75. The third kappa shape index (κ3) is 4.98. The van der Waals surface area contributed by atoms with E-state index in [0.717, 1.165) is 18.6 Å². The molecule has 1 amide bonds. The Balaban J connectivity index is 1.76. The van der Waals surface area contributed by atoms with Crippen LogP contribution in [-0.4, -0.2) is 42.9 Å². The molecule has 1 aliphatic rings. The molecule has 1 aromatic carbocycles. The van der Waals surface area contributed by atoms with Gasteiger partial charge in [0.15, 0.2) is 6.61 Å². The molecule has 23 heavy (non-hydrogen) atoms. The number of amides is 1. The van der Waals surface area contributed by atoms with Gasteiger partial charge in [-0.05, 0) is 44.0 Å². The molecule has 0 saturated carbocycles. The SMILES string of the molecule is CCOc1ccc(OCC(=O)N2CCC(C(=O)CC)CC2)cc1. The molecule has 0 bridgehead atoms. The predicted octanol–water partition coefficient (Wildman–Crippen LogP) is 2.68. The van der Waals surface area contributed by atoms with Gasteiger partial charge in [-0.25, -0.2) is 0 Å². The van der Waals surface area contributed by atoms with Crippen LogP contribution in [0.5, 0.6) is 11.5 Å². The van der Waals surface area contributed by atoms with Crippen molar-refractivity contribution in [3.05, 3.63) is 24.3 Å². The van der Waals surface area contributed by atoms with Crippen LogP contribution in [0.1, 0.15) is 33.1 Å². The van der Waals surface area contributed by atoms with Crippen molar-refractivity contribution in [1.29, 1.82) is 0 Å². The Labute approximate surface area is 137 Å². The normalized spacial score (nSPS) is 15.3. The smallest absolute Gasteiger partial charge is 0.260 e. The van der Waals surface area contributed by atoms with Crippen LogP contribution in [0.4, 0.5) is 0 Å². The molecule has 0 unspecified atom stereocenters. The lowest BCUT2D eigenvalue weighted by Crippen LogP contribution is -2.42. The minimum Gasteiger partial charge on any atom is -0.494 e. The number of carbonyl (C=O) groups excluding carboxylic acids is 2. The van der Waals surface area contributed by atoms with E-state index in [1.807, 2.05) is 26.0 Å². The lowest BCUT2D eigenvalue weighted by Gasteiger charge is -2.31. The van der Waals surface area contributed by atoms with E-state index in [4.69, 9.17) is 9.47 Å². The number of hydrogen-bond acceptors (Lipinski definition) is 4. The summed E-state index contributed by atoms with van der Waals surface area (Å²) >= 11 is 0. The second-order valence-electron chi connectivity index (χ2n) is 5.67. The number of ketones is 1. The van der Waals surface area contributed by atoms with E-state index in [2.05, 4.69) is 0 Å². The standard InChI is InChI=1S/C18H25NO4/c1-3-17(20)14-9-11-19(12-10-14)18(21)13-23-16-7-5-15(6-8-16)22-4-2/h5-8,14H,3-4,9-13H2,1-2H3. The minimum atomic E-state index is -0.0266. The van der Waals surface area contributed by atoms with Crippen LogP contribution < -0.4 is 9.47 Å². The van der Waals surface area contributed by atoms with Crippen LogP contribution >= 0.6 is 0 Å². The lowest BCUT2D eigenvalue weighted by molar-refractivity contribution is -0.136. The van der Waals surface area contributed by atoms with E-state index in [1.165, 1.54) is 0 Å². The number of piperidine rings is 1. The second-order valence-corrected chi connectivity index (χ2v) is 5.67. The molecule has 5 nitrogen and oxygen atoms in total. The molecule has 1 fully saturated rings. The van der Waals surface area contributed by atoms with Crippen LogP contribution in [0.25, 0.3) is 0 Å². The Morgan fingerprint density at radius 1 is 1.04 bits per heavy atom. The molecule has 5 heteroatoms. The number of ether oxygens (including phenoxy) is 2. The summed E-state index contributed by atoms with van der Waals surface area (Å²) in [6.07, 6.45) is 2.11. The first kappa shape index (κ1) is 17.3. The molecule has 2 rings (SSSR count). The fourth-order valence-corrected chi connectivity index (χ4v) is 2.77. The van der Waals surface area contributed by atoms with E-state index < -0.39 is 0 Å². The first-order chi connectivity index (χ1) is 11.1. The Hall–Kier alpha value is -2.04. The Bertz CT molecular complexity index is 518. The zero-order valence-electron chi connectivity index (χ0n) is 13.9. The Morgan fingerprint density at radius 2 is 1.61 bits per heavy atom. The van der Waals surface area contributed by atoms with Crippen molar-refractivity contribution in [2.45, 2.75) is 33.1 Å². The molecule has 1 aromatic rings. The summed E-state index contributed by atoms with van der Waals surface area (Å²) in [7, 11) is 0. The number of benzene rings is 1. The van der Waals surface area contributed by atoms with Crippen molar-refractivity contribution < 1.29 is 19.1 Å². The first-order valence-corrected chi connectivity index (χ1v) is 8.30. The van der Waals surface area contributed by atoms with Gasteiger partial charge >= 0.3 is 0 Å². The maximum absolute atomic E-state index is 12.2. The Kier molecular flexibility index (Phi) is 6.44. The van der Waals surface area contributed by atoms with Crippen molar-refractivity contribution in [2.75, 3.05) is 26.3 Å². The van der Waals surface area contributed by atoms with E-state index in [1.54, 1.807) is 17.0 Å². The number of carbonyl (C=O) groups is 2. The average molecular weight is 319 g/mol. The molecule has 0 spiro atoms. The highest BCUT2D eigenvalue weighted by Gasteiger charge is 2.26. The number of nitrogens with zero attached hydrogens (tertiary/aromatic N) is 1. The number of Topliss-reactive ketones (excluding diaryl/α,β-unsaturated/α-hetero) is 1. The quantitative estimate of drug-likeness (QED) is 0.775. The molecule has 1 heterocycles. The van der Waals surface area contributed by atoms with Crippen molar-refractivity contribution in [2.24, 2.45) is 5.92 Å². The van der Waals surface area contributed by atoms with Crippen LogP contribution in [-0.2, 0) is 9.59 Å². The van der Waals surface area contributed by atoms with Gasteiger partial charge in [0, 0.05) is 25.4 Å². The van der Waals surface area contributed by atoms with E-state index in [0.29, 0.717) is 37.6 Å². The summed E-state index contributed by atoms with van der Waals surface area (Å²) in [6, 6.07) is 7.24. The molecular weight excluding hydrogens is 294 g/mol. The van der Waals surface area contributed by atoms with Crippen molar-refractivity contribution in [3.63, 3.8) is 0 Å². The third-order valence-corrected chi connectivity index (χ3v) is 4.15. The van der Waals surface area contributed by atoms with E-state index in [-0.39, 0.29) is 18.4 Å². The number of rotatable bonds is 7. The molecule has 1 aliphatic heterocycles. The predicted molar refractivity (Wildman–Crippen MR) is 87.7 cm³/mol. The van der Waals surface area contributed by atoms with Gasteiger partial charge in [0.05, 0.1) is 6.61 Å². The highest BCUT2D eigenvalue weighted by atomic mass is 16.5. The zero-order chi connectivity index (χ0) is 16.7. The van der Waals surface area contributed by atoms with Crippen LogP contribution in [0.15, 0.2) is 24.3 Å². The summed E-state index contributed by atoms with van der Waals surface area (Å²) in [5, 5.41) is 0. The van der Waals surface area contributed by atoms with Crippen LogP contribution in [0.2, 0.25) is 0 Å². The zero-order valence-corrected chi connectivity index (χ0v) is 13.9. The monoisotopic (exact) mass is 319 g/mol. The summed E-state index contributed by atoms with van der Waals surface area (Å²) in [5.74, 6) is 1.84. The van der Waals surface area contributed by atoms with Crippen molar-refractivity contribution >= 4 is 11.7 Å². The van der Waals surface area contributed by atoms with Crippen LogP contribution in [0.3, 0.4) is 0 Å². The minimum absolute atomic E-state index is 0.0266. The highest BCUT2D eigenvalue weighted by Crippen LogP contribution is 2.20. The van der Waals surface area contributed by atoms with Gasteiger partial charge in [0.25, 0.3) is 5.91 Å². The average Bonchev–Trinajstić information content (AvgIpc) is 2.60. The summed E-state index contributed by atoms with van der Waals surface area (Å²) < 4.78 is 10.9. The van der Waals surface area contributed by atoms with Crippen molar-refractivity contribution in [3.8, 4) is 11.5 Å². The van der Waals surface area contributed by atoms with Gasteiger partial charge in [-0.1, -0.05) is 6.92 Å². The largest absolute Gasteiger partial charge is 0.494 e. The molecule has 126 valence electrons. The topological polar surface area (TPSA) is 55.8 Å². The molecule has 0 atom stereocenters. The molecule has 0 N–H and O–H groups in total. The Morgan fingerprint density at radius 3 is 2.13 bits per heavy atom.